The van der Waals surface area contributed by atoms with E-state index in [1.807, 2.05) is 78.9 Å². The highest BCUT2D eigenvalue weighted by atomic mass is 127. The van der Waals surface area contributed by atoms with Gasteiger partial charge in [-0.1, -0.05) is 55.1 Å². The van der Waals surface area contributed by atoms with Crippen LogP contribution in [0.2, 0.25) is 0 Å². The lowest BCUT2D eigenvalue weighted by Crippen LogP contribution is -2.32. The number of ether oxygens (including phenoxy) is 1. The molecule has 2 aliphatic rings. The standard InChI is InChI=1S/C31H26F3IN6O3S/c1-3-18-5-4-17(2)14-25(18)40-26(42)16-45-30(40)38-29(43)36-24-15-23(24)19-6-8-20(9-7-19)27-37-28(35)41(39-27)21-10-12-22(13-11-21)44-31(32,33)34/h4-14,23-24H,3,15-16H2,1-2H3,(H,36,43). The van der Waals surface area contributed by atoms with Crippen molar-refractivity contribution in [3.63, 3.8) is 0 Å². The van der Waals surface area contributed by atoms with E-state index in [-0.39, 0.29) is 29.4 Å². The zero-order valence-electron chi connectivity index (χ0n) is 24.0. The molecular formula is C31H26F3IN6O3S. The second-order valence-corrected chi connectivity index (χ2v) is 12.5. The molecule has 4 aromatic rings. The fourth-order valence-corrected chi connectivity index (χ4v) is 6.58. The van der Waals surface area contributed by atoms with Gasteiger partial charge in [-0.3, -0.25) is 9.69 Å². The summed E-state index contributed by atoms with van der Waals surface area (Å²) in [7, 11) is 0. The number of anilines is 1. The van der Waals surface area contributed by atoms with Gasteiger partial charge in [0.25, 0.3) is 0 Å². The molecule has 1 aliphatic carbocycles. The predicted octanol–water partition coefficient (Wildman–Crippen LogP) is 7.01. The summed E-state index contributed by atoms with van der Waals surface area (Å²) in [5, 5.41) is 7.88. The third kappa shape index (κ3) is 7.01. The van der Waals surface area contributed by atoms with Crippen LogP contribution in [0.3, 0.4) is 0 Å². The lowest BCUT2D eigenvalue weighted by Gasteiger charge is -2.20. The third-order valence-electron chi connectivity index (χ3n) is 7.40. The van der Waals surface area contributed by atoms with Crippen LogP contribution in [0.4, 0.5) is 23.7 Å². The molecule has 0 radical (unpaired) electrons. The maximum atomic E-state index is 12.9. The number of alkyl halides is 3. The van der Waals surface area contributed by atoms with Crippen molar-refractivity contribution < 1.29 is 27.5 Å². The topological polar surface area (TPSA) is 102 Å². The molecule has 1 aliphatic heterocycles. The van der Waals surface area contributed by atoms with Crippen LogP contribution in [0.15, 0.2) is 71.7 Å². The molecule has 3 amide bonds. The number of aromatic nitrogens is 3. The number of halogens is 4. The van der Waals surface area contributed by atoms with E-state index < -0.39 is 12.4 Å². The summed E-state index contributed by atoms with van der Waals surface area (Å²) >= 11 is 3.27. The molecule has 1 N–H and O–H groups in total. The van der Waals surface area contributed by atoms with Crippen molar-refractivity contribution in [2.75, 3.05) is 10.7 Å². The number of aliphatic imine (C=N–C) groups is 1. The second-order valence-electron chi connectivity index (χ2n) is 10.6. The van der Waals surface area contributed by atoms with Gasteiger partial charge in [0.05, 0.1) is 17.1 Å². The quantitative estimate of drug-likeness (QED) is 0.204. The molecule has 0 spiro atoms. The van der Waals surface area contributed by atoms with Gasteiger partial charge in [-0.15, -0.1) is 18.3 Å². The fourth-order valence-electron chi connectivity index (χ4n) is 5.11. The Morgan fingerprint density at radius 1 is 1.13 bits per heavy atom. The summed E-state index contributed by atoms with van der Waals surface area (Å²) in [6.45, 7) is 3.99. The van der Waals surface area contributed by atoms with Crippen molar-refractivity contribution in [3.8, 4) is 22.8 Å². The maximum absolute atomic E-state index is 12.9. The van der Waals surface area contributed by atoms with Crippen LogP contribution in [0.25, 0.3) is 17.1 Å². The highest BCUT2D eigenvalue weighted by Crippen LogP contribution is 2.41. The summed E-state index contributed by atoms with van der Waals surface area (Å²) in [6.07, 6.45) is -3.24. The number of thioether (sulfide) groups is 1. The lowest BCUT2D eigenvalue weighted by molar-refractivity contribution is -0.274. The zero-order chi connectivity index (χ0) is 31.9. The van der Waals surface area contributed by atoms with Gasteiger partial charge < -0.3 is 10.1 Å². The Kier molecular flexibility index (Phi) is 8.61. The van der Waals surface area contributed by atoms with Crippen LogP contribution in [-0.4, -0.2) is 50.0 Å². The van der Waals surface area contributed by atoms with Gasteiger partial charge >= 0.3 is 12.4 Å². The number of hydrogen-bond donors (Lipinski definition) is 1. The highest BCUT2D eigenvalue weighted by Gasteiger charge is 2.40. The molecule has 1 aromatic heterocycles. The second kappa shape index (κ2) is 12.5. The Morgan fingerprint density at radius 3 is 2.56 bits per heavy atom. The maximum Gasteiger partial charge on any atom is 0.573 e. The normalized spacial score (nSPS) is 18.8. The van der Waals surface area contributed by atoms with Crippen LogP contribution in [-0.2, 0) is 11.2 Å². The molecule has 14 heteroatoms. The first-order chi connectivity index (χ1) is 21.5. The monoisotopic (exact) mass is 746 g/mol. The molecule has 2 heterocycles. The van der Waals surface area contributed by atoms with Crippen LogP contribution < -0.4 is 15.0 Å². The number of hydrogen-bond acceptors (Lipinski definition) is 6. The van der Waals surface area contributed by atoms with E-state index in [0.29, 0.717) is 20.5 Å². The van der Waals surface area contributed by atoms with Crippen molar-refractivity contribution in [1.82, 2.24) is 20.1 Å². The summed E-state index contributed by atoms with van der Waals surface area (Å²) in [5.41, 5.74) is 5.16. The SMILES string of the molecule is CCc1ccc(C)cc1N1C(=O)CSC1=NC(=O)NC1CC1c1ccc(-c2nc(I)n(-c3ccc(OC(F)(F)F)cc3)n2)cc1. The van der Waals surface area contributed by atoms with Gasteiger partial charge in [-0.2, -0.15) is 4.99 Å². The smallest absolute Gasteiger partial charge is 0.406 e. The number of carbonyl (C=O) groups excluding carboxylic acids is 2. The molecule has 45 heavy (non-hydrogen) atoms. The minimum absolute atomic E-state index is 0.0731. The number of amides is 3. The van der Waals surface area contributed by atoms with Crippen molar-refractivity contribution in [1.29, 1.82) is 0 Å². The van der Waals surface area contributed by atoms with Gasteiger partial charge in [-0.25, -0.2) is 14.5 Å². The average molecular weight is 747 g/mol. The molecule has 2 atom stereocenters. The summed E-state index contributed by atoms with van der Waals surface area (Å²) < 4.78 is 43.4. The molecule has 2 fully saturated rings. The van der Waals surface area contributed by atoms with Crippen molar-refractivity contribution in [2.45, 2.75) is 45.0 Å². The fraction of sp³-hybridized carbons (Fsp3) is 0.258. The van der Waals surface area contributed by atoms with Gasteiger partial charge in [0, 0.05) is 40.1 Å². The third-order valence-corrected chi connectivity index (χ3v) is 9.03. The van der Waals surface area contributed by atoms with Crippen molar-refractivity contribution in [2.24, 2.45) is 4.99 Å². The van der Waals surface area contributed by atoms with Gasteiger partial charge in [0.2, 0.25) is 5.91 Å². The van der Waals surface area contributed by atoms with E-state index in [1.54, 1.807) is 4.90 Å². The number of carbonyl (C=O) groups is 2. The molecule has 9 nitrogen and oxygen atoms in total. The molecule has 2 unspecified atom stereocenters. The molecule has 232 valence electrons. The summed E-state index contributed by atoms with van der Waals surface area (Å²) in [4.78, 5) is 35.9. The Hall–Kier alpha value is -3.92. The van der Waals surface area contributed by atoms with E-state index in [1.165, 1.54) is 40.7 Å². The Balaban J connectivity index is 1.09. The number of urea groups is 1. The summed E-state index contributed by atoms with van der Waals surface area (Å²) in [5.74, 6) is 0.409. The van der Waals surface area contributed by atoms with Crippen LogP contribution >= 0.6 is 34.4 Å². The van der Waals surface area contributed by atoms with E-state index in [4.69, 9.17) is 0 Å². The van der Waals surface area contributed by atoms with Crippen molar-refractivity contribution in [3.05, 3.63) is 87.3 Å². The minimum Gasteiger partial charge on any atom is -0.406 e. The molecule has 1 saturated heterocycles. The minimum atomic E-state index is -4.76. The van der Waals surface area contributed by atoms with Gasteiger partial charge in [0.15, 0.2) is 14.8 Å². The van der Waals surface area contributed by atoms with Crippen molar-refractivity contribution >= 4 is 57.1 Å². The Morgan fingerprint density at radius 2 is 1.87 bits per heavy atom. The van der Waals surface area contributed by atoms with E-state index in [2.05, 4.69) is 25.1 Å². The molecular weight excluding hydrogens is 720 g/mol. The van der Waals surface area contributed by atoms with Crippen LogP contribution in [0, 0.1) is 10.8 Å². The van der Waals surface area contributed by atoms with E-state index in [0.717, 1.165) is 40.8 Å². The lowest BCUT2D eigenvalue weighted by atomic mass is 10.1. The molecule has 1 saturated carbocycles. The first-order valence-corrected chi connectivity index (χ1v) is 16.1. The van der Waals surface area contributed by atoms with E-state index >= 15 is 0 Å². The largest absolute Gasteiger partial charge is 0.573 e. The average Bonchev–Trinajstić information content (AvgIpc) is 3.50. The highest BCUT2D eigenvalue weighted by molar-refractivity contribution is 14.1. The van der Waals surface area contributed by atoms with Crippen LogP contribution in [0.5, 0.6) is 5.75 Å². The number of rotatable bonds is 7. The predicted molar refractivity (Wildman–Crippen MR) is 174 cm³/mol. The molecule has 6 rings (SSSR count). The van der Waals surface area contributed by atoms with Crippen LogP contribution in [0.1, 0.15) is 36.0 Å². The number of nitrogens with one attached hydrogen (secondary N) is 1. The Bertz CT molecular complexity index is 1790. The number of amidine groups is 1. The molecule has 0 bridgehead atoms. The zero-order valence-corrected chi connectivity index (χ0v) is 27.0. The van der Waals surface area contributed by atoms with Gasteiger partial charge in [-0.05, 0) is 66.8 Å². The van der Waals surface area contributed by atoms with Gasteiger partial charge in [0.1, 0.15) is 5.75 Å². The first-order valence-electron chi connectivity index (χ1n) is 14.0. The first kappa shape index (κ1) is 31.1. The summed E-state index contributed by atoms with van der Waals surface area (Å²) in [6, 6.07) is 18.5. The number of nitrogens with zero attached hydrogens (tertiary/aromatic N) is 5. The Labute approximate surface area is 274 Å². The number of benzene rings is 3. The van der Waals surface area contributed by atoms with E-state index in [9.17, 15) is 22.8 Å². The number of aryl methyl sites for hydroxylation is 2. The molecule has 3 aromatic carbocycles.